The molecular formula is C15H23NO2S. The molecule has 2 aliphatic carbocycles. The SMILES string of the molecule is COC(c1nc2c(s1)CCCC2O)C1CCCCC1. The molecule has 1 aromatic heterocycles. The van der Waals surface area contributed by atoms with Gasteiger partial charge in [0.25, 0.3) is 0 Å². The summed E-state index contributed by atoms with van der Waals surface area (Å²) in [4.78, 5) is 6.01. The van der Waals surface area contributed by atoms with Crippen LogP contribution in [0.25, 0.3) is 0 Å². The summed E-state index contributed by atoms with van der Waals surface area (Å²) in [6.45, 7) is 0. The molecule has 1 heterocycles. The Balaban J connectivity index is 1.83. The molecule has 0 saturated heterocycles. The van der Waals surface area contributed by atoms with E-state index in [4.69, 9.17) is 9.72 Å². The topological polar surface area (TPSA) is 42.4 Å². The minimum atomic E-state index is -0.349. The summed E-state index contributed by atoms with van der Waals surface area (Å²) < 4.78 is 5.76. The minimum absolute atomic E-state index is 0.142. The molecule has 3 rings (SSSR count). The normalized spacial score (nSPS) is 26.1. The lowest BCUT2D eigenvalue weighted by atomic mass is 9.85. The number of aromatic nitrogens is 1. The van der Waals surface area contributed by atoms with Crippen molar-refractivity contribution in [3.63, 3.8) is 0 Å². The first-order valence-corrected chi connectivity index (χ1v) is 8.31. The lowest BCUT2D eigenvalue weighted by Gasteiger charge is -2.27. The first kappa shape index (κ1) is 13.5. The summed E-state index contributed by atoms with van der Waals surface area (Å²) in [5.74, 6) is 0.614. The molecule has 1 N–H and O–H groups in total. The van der Waals surface area contributed by atoms with E-state index >= 15 is 0 Å². The molecule has 0 radical (unpaired) electrons. The smallest absolute Gasteiger partial charge is 0.122 e. The van der Waals surface area contributed by atoms with Gasteiger partial charge < -0.3 is 9.84 Å². The van der Waals surface area contributed by atoms with Crippen molar-refractivity contribution in [1.82, 2.24) is 4.98 Å². The van der Waals surface area contributed by atoms with Gasteiger partial charge in [-0.1, -0.05) is 19.3 Å². The highest BCUT2D eigenvalue weighted by molar-refractivity contribution is 7.11. The van der Waals surface area contributed by atoms with Gasteiger partial charge in [0.1, 0.15) is 11.1 Å². The van der Waals surface area contributed by atoms with Crippen LogP contribution in [0.1, 0.15) is 72.7 Å². The predicted molar refractivity (Wildman–Crippen MR) is 76.3 cm³/mol. The number of aryl methyl sites for hydroxylation is 1. The van der Waals surface area contributed by atoms with E-state index in [1.54, 1.807) is 18.4 Å². The number of fused-ring (bicyclic) bond motifs is 1. The molecule has 19 heavy (non-hydrogen) atoms. The van der Waals surface area contributed by atoms with Crippen LogP contribution in [0.5, 0.6) is 0 Å². The van der Waals surface area contributed by atoms with E-state index in [9.17, 15) is 5.11 Å². The minimum Gasteiger partial charge on any atom is -0.387 e. The number of ether oxygens (including phenoxy) is 1. The lowest BCUT2D eigenvalue weighted by molar-refractivity contribution is 0.0348. The third kappa shape index (κ3) is 2.71. The molecule has 1 aromatic rings. The van der Waals surface area contributed by atoms with Crippen LogP contribution in [-0.2, 0) is 11.2 Å². The fraction of sp³-hybridized carbons (Fsp3) is 0.800. The summed E-state index contributed by atoms with van der Waals surface area (Å²) in [5.41, 5.74) is 0.934. The van der Waals surface area contributed by atoms with E-state index in [1.165, 1.54) is 37.0 Å². The third-order valence-electron chi connectivity index (χ3n) is 4.52. The number of hydrogen-bond donors (Lipinski definition) is 1. The molecule has 106 valence electrons. The van der Waals surface area contributed by atoms with Crippen LogP contribution < -0.4 is 0 Å². The van der Waals surface area contributed by atoms with Crippen LogP contribution in [-0.4, -0.2) is 17.2 Å². The van der Waals surface area contributed by atoms with Gasteiger partial charge in [-0.25, -0.2) is 4.98 Å². The fourth-order valence-corrected chi connectivity index (χ4v) is 4.80. The van der Waals surface area contributed by atoms with Crippen LogP contribution in [0.3, 0.4) is 0 Å². The van der Waals surface area contributed by atoms with Crippen LogP contribution in [0, 0.1) is 5.92 Å². The number of nitrogens with zero attached hydrogens (tertiary/aromatic N) is 1. The Bertz CT molecular complexity index is 426. The average Bonchev–Trinajstić information content (AvgIpc) is 2.86. The van der Waals surface area contributed by atoms with E-state index in [-0.39, 0.29) is 12.2 Å². The highest BCUT2D eigenvalue weighted by atomic mass is 32.1. The molecule has 0 bridgehead atoms. The van der Waals surface area contributed by atoms with Crippen molar-refractivity contribution in [2.45, 2.75) is 63.6 Å². The van der Waals surface area contributed by atoms with Gasteiger partial charge in [0.05, 0.1) is 11.8 Å². The van der Waals surface area contributed by atoms with Crippen molar-refractivity contribution in [2.24, 2.45) is 5.92 Å². The highest BCUT2D eigenvalue weighted by Gasteiger charge is 2.30. The van der Waals surface area contributed by atoms with Gasteiger partial charge in [-0.05, 0) is 38.0 Å². The molecule has 0 spiro atoms. The number of methoxy groups -OCH3 is 1. The van der Waals surface area contributed by atoms with Gasteiger partial charge in [-0.15, -0.1) is 11.3 Å². The second-order valence-corrected chi connectivity index (χ2v) is 6.94. The number of thiazole rings is 1. The summed E-state index contributed by atoms with van der Waals surface area (Å²) in [5, 5.41) is 11.1. The Morgan fingerprint density at radius 3 is 2.68 bits per heavy atom. The maximum absolute atomic E-state index is 10.0. The van der Waals surface area contributed by atoms with E-state index in [2.05, 4.69) is 0 Å². The van der Waals surface area contributed by atoms with Crippen LogP contribution in [0.15, 0.2) is 0 Å². The highest BCUT2D eigenvalue weighted by Crippen LogP contribution is 2.41. The molecule has 0 aliphatic heterocycles. The first-order valence-electron chi connectivity index (χ1n) is 7.50. The monoisotopic (exact) mass is 281 g/mol. The van der Waals surface area contributed by atoms with E-state index < -0.39 is 0 Å². The molecule has 3 nitrogen and oxygen atoms in total. The van der Waals surface area contributed by atoms with Crippen molar-refractivity contribution in [1.29, 1.82) is 0 Å². The van der Waals surface area contributed by atoms with Crippen LogP contribution in [0.2, 0.25) is 0 Å². The number of aliphatic hydroxyl groups excluding tert-OH is 1. The standard InChI is InChI=1S/C15H23NO2S/c1-18-14(10-6-3-2-4-7-10)15-16-13-11(17)8-5-9-12(13)19-15/h10-11,14,17H,2-9H2,1H3. The number of aliphatic hydroxyl groups is 1. The molecule has 2 atom stereocenters. The summed E-state index contributed by atoms with van der Waals surface area (Å²) in [6.07, 6.45) is 9.31. The summed E-state index contributed by atoms with van der Waals surface area (Å²) in [7, 11) is 1.80. The number of hydrogen-bond acceptors (Lipinski definition) is 4. The third-order valence-corrected chi connectivity index (χ3v) is 5.71. The fourth-order valence-electron chi connectivity index (χ4n) is 3.47. The molecule has 1 fully saturated rings. The quantitative estimate of drug-likeness (QED) is 0.916. The van der Waals surface area contributed by atoms with Crippen molar-refractivity contribution in [3.8, 4) is 0 Å². The van der Waals surface area contributed by atoms with Crippen molar-refractivity contribution in [2.75, 3.05) is 7.11 Å². The number of rotatable bonds is 3. The van der Waals surface area contributed by atoms with Gasteiger partial charge in [-0.2, -0.15) is 0 Å². The van der Waals surface area contributed by atoms with Gasteiger partial charge in [0.2, 0.25) is 0 Å². The molecule has 1 saturated carbocycles. The van der Waals surface area contributed by atoms with Crippen LogP contribution in [0.4, 0.5) is 0 Å². The second-order valence-electron chi connectivity index (χ2n) is 5.82. The average molecular weight is 281 g/mol. The van der Waals surface area contributed by atoms with E-state index in [0.717, 1.165) is 30.0 Å². The van der Waals surface area contributed by atoms with Crippen molar-refractivity contribution < 1.29 is 9.84 Å². The molecule has 0 amide bonds. The van der Waals surface area contributed by atoms with Gasteiger partial charge >= 0.3 is 0 Å². The largest absolute Gasteiger partial charge is 0.387 e. The van der Waals surface area contributed by atoms with Crippen molar-refractivity contribution >= 4 is 11.3 Å². The molecule has 0 aromatic carbocycles. The molecule has 4 heteroatoms. The summed E-state index contributed by atoms with van der Waals surface area (Å²) in [6, 6.07) is 0. The molecule has 2 aliphatic rings. The maximum Gasteiger partial charge on any atom is 0.122 e. The zero-order valence-electron chi connectivity index (χ0n) is 11.6. The lowest BCUT2D eigenvalue weighted by Crippen LogP contribution is -2.18. The van der Waals surface area contributed by atoms with Crippen molar-refractivity contribution in [3.05, 3.63) is 15.6 Å². The van der Waals surface area contributed by atoms with Gasteiger partial charge in [0, 0.05) is 12.0 Å². The zero-order valence-corrected chi connectivity index (χ0v) is 12.4. The maximum atomic E-state index is 10.0. The van der Waals surface area contributed by atoms with Crippen LogP contribution >= 0.6 is 11.3 Å². The Hall–Kier alpha value is -0.450. The zero-order chi connectivity index (χ0) is 13.2. The molecule has 2 unspecified atom stereocenters. The Kier molecular flexibility index (Phi) is 4.20. The van der Waals surface area contributed by atoms with Gasteiger partial charge in [0.15, 0.2) is 0 Å². The predicted octanol–water partition coefficient (Wildman–Crippen LogP) is 3.78. The second kappa shape index (κ2) is 5.90. The van der Waals surface area contributed by atoms with E-state index in [0.29, 0.717) is 5.92 Å². The Labute approximate surface area is 119 Å². The van der Waals surface area contributed by atoms with E-state index in [1.807, 2.05) is 0 Å². The Morgan fingerprint density at radius 2 is 2.00 bits per heavy atom. The van der Waals surface area contributed by atoms with Gasteiger partial charge in [-0.3, -0.25) is 0 Å². The summed E-state index contributed by atoms with van der Waals surface area (Å²) >= 11 is 1.77. The molecular weight excluding hydrogens is 258 g/mol. The Morgan fingerprint density at radius 1 is 1.21 bits per heavy atom. The first-order chi connectivity index (χ1) is 9.29.